The average Bonchev–Trinajstić information content (AvgIpc) is 2.72. The van der Waals surface area contributed by atoms with Gasteiger partial charge in [0.1, 0.15) is 5.75 Å². The van der Waals surface area contributed by atoms with Crippen molar-refractivity contribution < 1.29 is 22.7 Å². The number of hydrogen-bond donors (Lipinski definition) is 1. The fraction of sp³-hybridized carbons (Fsp3) is 0.227. The molecule has 3 rings (SSSR count). The van der Waals surface area contributed by atoms with Crippen LogP contribution in [-0.4, -0.2) is 22.3 Å². The Kier molecular flexibility index (Phi) is 6.43. The van der Waals surface area contributed by atoms with Gasteiger partial charge < -0.3 is 10.1 Å². The van der Waals surface area contributed by atoms with Crippen molar-refractivity contribution in [2.75, 3.05) is 11.9 Å². The highest BCUT2D eigenvalue weighted by Crippen LogP contribution is 2.33. The zero-order valence-electron chi connectivity index (χ0n) is 16.9. The highest BCUT2D eigenvalue weighted by Gasteiger charge is 2.34. The molecule has 2 aromatic carbocycles. The molecule has 1 aromatic heterocycles. The number of rotatable bonds is 6. The molecule has 31 heavy (non-hydrogen) atoms. The number of benzene rings is 2. The quantitative estimate of drug-likeness (QED) is 0.619. The largest absolute Gasteiger partial charge is 0.491 e. The Hall–Kier alpha value is -3.62. The van der Waals surface area contributed by atoms with Gasteiger partial charge in [0.25, 0.3) is 5.91 Å². The average molecular weight is 431 g/mol. The number of alkyl halides is 3. The van der Waals surface area contributed by atoms with Gasteiger partial charge >= 0.3 is 6.18 Å². The van der Waals surface area contributed by atoms with Crippen molar-refractivity contribution in [2.45, 2.75) is 26.4 Å². The molecule has 0 radical (unpaired) electrons. The molecule has 0 aliphatic heterocycles. The lowest BCUT2D eigenvalue weighted by molar-refractivity contribution is -0.137. The van der Waals surface area contributed by atoms with Crippen LogP contribution in [-0.2, 0) is 6.18 Å². The predicted molar refractivity (Wildman–Crippen MR) is 110 cm³/mol. The summed E-state index contributed by atoms with van der Waals surface area (Å²) in [4.78, 5) is 25.2. The number of anilines is 1. The van der Waals surface area contributed by atoms with Crippen molar-refractivity contribution in [1.29, 1.82) is 0 Å². The summed E-state index contributed by atoms with van der Waals surface area (Å²) in [6, 6.07) is 12.5. The molecule has 0 fully saturated rings. The van der Waals surface area contributed by atoms with Gasteiger partial charge in [-0.15, -0.1) is 0 Å². The molecule has 0 bridgehead atoms. The summed E-state index contributed by atoms with van der Waals surface area (Å²) in [5, 5.41) is 6.51. The Morgan fingerprint density at radius 3 is 2.52 bits per heavy atom. The fourth-order valence-electron chi connectivity index (χ4n) is 2.94. The maximum absolute atomic E-state index is 13.4. The van der Waals surface area contributed by atoms with Gasteiger partial charge in [-0.2, -0.15) is 18.3 Å². The number of nitrogens with one attached hydrogen (secondary N) is 1. The van der Waals surface area contributed by atoms with E-state index in [0.29, 0.717) is 18.0 Å². The topological polar surface area (TPSA) is 73.2 Å². The minimum absolute atomic E-state index is 0.157. The van der Waals surface area contributed by atoms with E-state index in [1.54, 1.807) is 24.3 Å². The molecule has 162 valence electrons. The summed E-state index contributed by atoms with van der Waals surface area (Å²) in [5.74, 6) is -0.441. The van der Waals surface area contributed by atoms with Gasteiger partial charge in [-0.05, 0) is 37.6 Å². The van der Waals surface area contributed by atoms with Crippen molar-refractivity contribution in [2.24, 2.45) is 0 Å². The number of amides is 1. The highest BCUT2D eigenvalue weighted by atomic mass is 19.4. The predicted octanol–water partition coefficient (Wildman–Crippen LogP) is 4.60. The fourth-order valence-corrected chi connectivity index (χ4v) is 2.94. The smallest absolute Gasteiger partial charge is 0.418 e. The molecule has 9 heteroatoms. The van der Waals surface area contributed by atoms with Crippen LogP contribution in [0.5, 0.6) is 5.75 Å². The van der Waals surface area contributed by atoms with Crippen LogP contribution in [0.1, 0.15) is 35.1 Å². The van der Waals surface area contributed by atoms with Crippen molar-refractivity contribution in [3.05, 3.63) is 81.8 Å². The Labute approximate surface area is 176 Å². The molecule has 0 spiro atoms. The van der Waals surface area contributed by atoms with E-state index in [1.807, 2.05) is 6.92 Å². The van der Waals surface area contributed by atoms with E-state index in [2.05, 4.69) is 10.4 Å². The minimum atomic E-state index is -4.63. The second kappa shape index (κ2) is 9.03. The number of hydrogen-bond acceptors (Lipinski definition) is 4. The molecular formula is C22H20F3N3O3. The third kappa shape index (κ3) is 4.93. The summed E-state index contributed by atoms with van der Waals surface area (Å²) >= 11 is 0. The number of nitrogens with zero attached hydrogens (tertiary/aromatic N) is 2. The van der Waals surface area contributed by atoms with Crippen LogP contribution in [0, 0.1) is 6.92 Å². The number of halogens is 3. The number of carbonyl (C=O) groups excluding carboxylic acids is 1. The first-order valence-electron chi connectivity index (χ1n) is 9.53. The Morgan fingerprint density at radius 2 is 1.81 bits per heavy atom. The van der Waals surface area contributed by atoms with E-state index < -0.39 is 28.8 Å². The molecular weight excluding hydrogens is 411 g/mol. The van der Waals surface area contributed by atoms with Crippen molar-refractivity contribution in [1.82, 2.24) is 9.78 Å². The van der Waals surface area contributed by atoms with Crippen molar-refractivity contribution >= 4 is 11.6 Å². The molecule has 6 nitrogen and oxygen atoms in total. The normalized spacial score (nSPS) is 11.3. The lowest BCUT2D eigenvalue weighted by Gasteiger charge is -2.17. The molecule has 3 aromatic rings. The molecule has 0 saturated heterocycles. The van der Waals surface area contributed by atoms with Crippen LogP contribution in [0.3, 0.4) is 0 Å². The van der Waals surface area contributed by atoms with Crippen molar-refractivity contribution in [3.8, 4) is 11.4 Å². The van der Waals surface area contributed by atoms with Gasteiger partial charge in [-0.1, -0.05) is 31.2 Å². The van der Waals surface area contributed by atoms with E-state index in [9.17, 15) is 22.8 Å². The molecule has 1 N–H and O–H groups in total. The van der Waals surface area contributed by atoms with Crippen LogP contribution in [0.25, 0.3) is 5.69 Å². The Balaban J connectivity index is 2.02. The standard InChI is InChI=1S/C22H20F3N3O3/c1-3-12-31-19-11-7-5-9-16(19)26-21(30)20-18(29)13-14(2)28(27-20)17-10-6-4-8-15(17)22(23,24)25/h4-11,13H,3,12H2,1-2H3,(H,26,30). The van der Waals surface area contributed by atoms with Crippen LogP contribution in [0.4, 0.5) is 18.9 Å². The van der Waals surface area contributed by atoms with E-state index in [0.717, 1.165) is 23.2 Å². The number of aromatic nitrogens is 2. The lowest BCUT2D eigenvalue weighted by atomic mass is 10.1. The van der Waals surface area contributed by atoms with Gasteiger partial charge in [0.15, 0.2) is 5.69 Å². The zero-order valence-corrected chi connectivity index (χ0v) is 16.9. The Bertz CT molecular complexity index is 1160. The Morgan fingerprint density at radius 1 is 1.13 bits per heavy atom. The molecule has 0 unspecified atom stereocenters. The van der Waals surface area contributed by atoms with Crippen LogP contribution in [0.15, 0.2) is 59.4 Å². The number of aryl methyl sites for hydroxylation is 1. The first-order chi connectivity index (χ1) is 14.7. The van der Waals surface area contributed by atoms with Crippen molar-refractivity contribution in [3.63, 3.8) is 0 Å². The van der Waals surface area contributed by atoms with Gasteiger partial charge in [0.05, 0.1) is 23.5 Å². The number of carbonyl (C=O) groups is 1. The third-order valence-corrected chi connectivity index (χ3v) is 4.36. The SMILES string of the molecule is CCCOc1ccccc1NC(=O)c1nn(-c2ccccc2C(F)(F)F)c(C)cc1=O. The monoisotopic (exact) mass is 431 g/mol. The van der Waals surface area contributed by atoms with Crippen LogP contribution in [0.2, 0.25) is 0 Å². The number of para-hydroxylation sites is 3. The molecule has 1 amide bonds. The molecule has 0 aliphatic rings. The van der Waals surface area contributed by atoms with Gasteiger partial charge in [0, 0.05) is 11.8 Å². The van der Waals surface area contributed by atoms with Crippen LogP contribution >= 0.6 is 0 Å². The molecule has 0 saturated carbocycles. The summed E-state index contributed by atoms with van der Waals surface area (Å²) in [7, 11) is 0. The molecule has 0 atom stereocenters. The maximum atomic E-state index is 13.4. The summed E-state index contributed by atoms with van der Waals surface area (Å²) in [6.07, 6.45) is -3.88. The third-order valence-electron chi connectivity index (χ3n) is 4.36. The summed E-state index contributed by atoms with van der Waals surface area (Å²) in [5.41, 5.74) is -1.97. The van der Waals surface area contributed by atoms with E-state index in [-0.39, 0.29) is 11.4 Å². The summed E-state index contributed by atoms with van der Waals surface area (Å²) < 4.78 is 46.8. The van der Waals surface area contributed by atoms with Gasteiger partial charge in [-0.25, -0.2) is 4.68 Å². The summed E-state index contributed by atoms with van der Waals surface area (Å²) in [6.45, 7) is 3.80. The molecule has 1 heterocycles. The highest BCUT2D eigenvalue weighted by molar-refractivity contribution is 6.03. The minimum Gasteiger partial charge on any atom is -0.491 e. The van der Waals surface area contributed by atoms with E-state index in [4.69, 9.17) is 4.74 Å². The first kappa shape index (κ1) is 22.1. The van der Waals surface area contributed by atoms with Crippen LogP contribution < -0.4 is 15.5 Å². The van der Waals surface area contributed by atoms with Gasteiger partial charge in [-0.3, -0.25) is 9.59 Å². The second-order valence-corrected chi connectivity index (χ2v) is 6.72. The number of ether oxygens (including phenoxy) is 1. The van der Waals surface area contributed by atoms with Gasteiger partial charge in [0.2, 0.25) is 5.43 Å². The zero-order chi connectivity index (χ0) is 22.6. The lowest BCUT2D eigenvalue weighted by Crippen LogP contribution is -2.27. The maximum Gasteiger partial charge on any atom is 0.418 e. The molecule has 0 aliphatic carbocycles. The second-order valence-electron chi connectivity index (χ2n) is 6.72. The van der Waals surface area contributed by atoms with E-state index >= 15 is 0 Å². The first-order valence-corrected chi connectivity index (χ1v) is 9.53. The van der Waals surface area contributed by atoms with E-state index in [1.165, 1.54) is 25.1 Å².